The van der Waals surface area contributed by atoms with Gasteiger partial charge in [-0.1, -0.05) is 30.3 Å². The maximum Gasteiger partial charge on any atom is 0.237 e. The first-order chi connectivity index (χ1) is 10.1. The summed E-state index contributed by atoms with van der Waals surface area (Å²) >= 11 is 0. The average Bonchev–Trinajstić information content (AvgIpc) is 2.53. The van der Waals surface area contributed by atoms with E-state index in [9.17, 15) is 9.90 Å². The number of nitrogens with one attached hydrogen (secondary N) is 1. The molecular weight excluding hydrogens is 264 g/mol. The lowest BCUT2D eigenvalue weighted by molar-refractivity contribution is -0.127. The molecule has 3 unspecified atom stereocenters. The number of hydrogen-bond donors (Lipinski definition) is 2. The minimum Gasteiger partial charge on any atom is -0.393 e. The predicted molar refractivity (Wildman–Crippen MR) is 83.7 cm³/mol. The Labute approximate surface area is 127 Å². The molecule has 1 fully saturated rings. The Balaban J connectivity index is 1.84. The molecule has 1 saturated heterocycles. The number of piperidine rings is 1. The van der Waals surface area contributed by atoms with Crippen LogP contribution in [0.15, 0.2) is 30.3 Å². The topological polar surface area (TPSA) is 52.6 Å². The summed E-state index contributed by atoms with van der Waals surface area (Å²) in [5.74, 6) is 0.341. The summed E-state index contributed by atoms with van der Waals surface area (Å²) in [5.41, 5.74) is 1.11. The number of carbonyl (C=O) groups excluding carboxylic acids is 1. The Morgan fingerprint density at radius 1 is 1.38 bits per heavy atom. The highest BCUT2D eigenvalue weighted by Crippen LogP contribution is 2.21. The third-order valence-electron chi connectivity index (χ3n) is 4.41. The molecule has 1 aromatic rings. The molecule has 0 aromatic heterocycles. The smallest absolute Gasteiger partial charge is 0.237 e. The van der Waals surface area contributed by atoms with E-state index in [1.165, 1.54) is 0 Å². The Morgan fingerprint density at radius 2 is 2.10 bits per heavy atom. The molecule has 0 saturated carbocycles. The van der Waals surface area contributed by atoms with E-state index in [-0.39, 0.29) is 24.0 Å². The first-order valence-corrected chi connectivity index (χ1v) is 7.81. The van der Waals surface area contributed by atoms with Crippen LogP contribution in [-0.4, -0.2) is 41.1 Å². The number of rotatable bonds is 5. The molecule has 1 aliphatic rings. The van der Waals surface area contributed by atoms with Gasteiger partial charge in [0.2, 0.25) is 5.91 Å². The maximum absolute atomic E-state index is 12.3. The van der Waals surface area contributed by atoms with E-state index < -0.39 is 0 Å². The van der Waals surface area contributed by atoms with Crippen LogP contribution in [0.1, 0.15) is 32.3 Å². The third-order valence-corrected chi connectivity index (χ3v) is 4.41. The number of benzene rings is 1. The van der Waals surface area contributed by atoms with E-state index in [2.05, 4.69) is 10.2 Å². The summed E-state index contributed by atoms with van der Waals surface area (Å²) in [5, 5.41) is 12.7. The van der Waals surface area contributed by atoms with Gasteiger partial charge in [0, 0.05) is 13.1 Å². The van der Waals surface area contributed by atoms with Gasteiger partial charge in [-0.2, -0.15) is 0 Å². The summed E-state index contributed by atoms with van der Waals surface area (Å²) in [7, 11) is 0. The molecule has 2 rings (SSSR count). The van der Waals surface area contributed by atoms with Crippen LogP contribution in [-0.2, 0) is 11.3 Å². The number of aliphatic hydroxyl groups is 1. The first-order valence-electron chi connectivity index (χ1n) is 7.81. The summed E-state index contributed by atoms with van der Waals surface area (Å²) in [4.78, 5) is 14.5. The van der Waals surface area contributed by atoms with E-state index in [0.29, 0.717) is 6.54 Å². The molecule has 0 bridgehead atoms. The fourth-order valence-electron chi connectivity index (χ4n) is 2.88. The van der Waals surface area contributed by atoms with Crippen LogP contribution < -0.4 is 5.32 Å². The van der Waals surface area contributed by atoms with E-state index in [1.807, 2.05) is 44.2 Å². The minimum absolute atomic E-state index is 0.0603. The number of carbonyl (C=O) groups is 1. The number of nitrogens with zero attached hydrogens (tertiary/aromatic N) is 1. The summed E-state index contributed by atoms with van der Waals surface area (Å²) in [6.45, 7) is 6.09. The van der Waals surface area contributed by atoms with Crippen molar-refractivity contribution in [3.8, 4) is 0 Å². The molecule has 1 aliphatic heterocycles. The van der Waals surface area contributed by atoms with Crippen molar-refractivity contribution >= 4 is 5.91 Å². The number of likely N-dealkylation sites (tertiary alicyclic amines) is 1. The highest BCUT2D eigenvalue weighted by molar-refractivity contribution is 5.81. The van der Waals surface area contributed by atoms with E-state index in [1.54, 1.807) is 0 Å². The molecule has 1 aromatic carbocycles. The van der Waals surface area contributed by atoms with Crippen LogP contribution in [0.4, 0.5) is 0 Å². The van der Waals surface area contributed by atoms with Gasteiger partial charge < -0.3 is 10.4 Å². The molecule has 4 nitrogen and oxygen atoms in total. The van der Waals surface area contributed by atoms with Crippen LogP contribution in [0.5, 0.6) is 0 Å². The zero-order chi connectivity index (χ0) is 15.2. The maximum atomic E-state index is 12.3. The normalized spacial score (nSPS) is 22.5. The number of aliphatic hydroxyl groups excluding tert-OH is 1. The zero-order valence-corrected chi connectivity index (χ0v) is 13.0. The van der Waals surface area contributed by atoms with Gasteiger partial charge in [0.15, 0.2) is 0 Å². The third kappa shape index (κ3) is 4.55. The monoisotopic (exact) mass is 290 g/mol. The van der Waals surface area contributed by atoms with Gasteiger partial charge >= 0.3 is 0 Å². The summed E-state index contributed by atoms with van der Waals surface area (Å²) in [6, 6.07) is 9.80. The molecule has 4 heteroatoms. The minimum atomic E-state index is -0.299. The Kier molecular flexibility index (Phi) is 5.76. The molecule has 3 atom stereocenters. The van der Waals surface area contributed by atoms with Gasteiger partial charge in [-0.05, 0) is 44.7 Å². The number of amides is 1. The van der Waals surface area contributed by atoms with Gasteiger partial charge in [0.05, 0.1) is 12.1 Å². The van der Waals surface area contributed by atoms with Gasteiger partial charge in [-0.25, -0.2) is 0 Å². The first kappa shape index (κ1) is 16.0. The Bertz CT molecular complexity index is 447. The number of hydrogen-bond acceptors (Lipinski definition) is 3. The van der Waals surface area contributed by atoms with Crippen LogP contribution in [0.2, 0.25) is 0 Å². The van der Waals surface area contributed by atoms with Crippen molar-refractivity contribution in [2.75, 3.05) is 13.1 Å². The molecule has 21 heavy (non-hydrogen) atoms. The summed E-state index contributed by atoms with van der Waals surface area (Å²) in [6.07, 6.45) is 1.80. The Morgan fingerprint density at radius 3 is 2.76 bits per heavy atom. The molecule has 0 spiro atoms. The van der Waals surface area contributed by atoms with E-state index >= 15 is 0 Å². The second-order valence-corrected chi connectivity index (χ2v) is 6.02. The van der Waals surface area contributed by atoms with Crippen molar-refractivity contribution in [3.05, 3.63) is 35.9 Å². The van der Waals surface area contributed by atoms with Crippen LogP contribution in [0.25, 0.3) is 0 Å². The SMILES string of the molecule is CC(O)C1CCCN(C(C)C(=O)NCc2ccccc2)C1. The molecule has 1 heterocycles. The second-order valence-electron chi connectivity index (χ2n) is 6.02. The van der Waals surface area contributed by atoms with Crippen molar-refractivity contribution in [3.63, 3.8) is 0 Å². The summed E-state index contributed by atoms with van der Waals surface area (Å²) < 4.78 is 0. The van der Waals surface area contributed by atoms with Crippen molar-refractivity contribution in [2.24, 2.45) is 5.92 Å². The molecule has 2 N–H and O–H groups in total. The largest absolute Gasteiger partial charge is 0.393 e. The van der Waals surface area contributed by atoms with Crippen molar-refractivity contribution in [2.45, 2.75) is 45.4 Å². The van der Waals surface area contributed by atoms with Gasteiger partial charge in [-0.3, -0.25) is 9.69 Å². The fraction of sp³-hybridized carbons (Fsp3) is 0.588. The van der Waals surface area contributed by atoms with Gasteiger partial charge in [0.1, 0.15) is 0 Å². The lowest BCUT2D eigenvalue weighted by Crippen LogP contribution is -2.50. The molecule has 0 radical (unpaired) electrons. The van der Waals surface area contributed by atoms with Crippen LogP contribution in [0.3, 0.4) is 0 Å². The van der Waals surface area contributed by atoms with Gasteiger partial charge in [-0.15, -0.1) is 0 Å². The molecule has 1 amide bonds. The lowest BCUT2D eigenvalue weighted by atomic mass is 9.92. The van der Waals surface area contributed by atoms with Crippen LogP contribution >= 0.6 is 0 Å². The Hall–Kier alpha value is -1.39. The lowest BCUT2D eigenvalue weighted by Gasteiger charge is -2.37. The quantitative estimate of drug-likeness (QED) is 0.869. The highest BCUT2D eigenvalue weighted by atomic mass is 16.3. The standard InChI is InChI=1S/C17H26N2O2/c1-13(19-10-6-9-16(12-19)14(2)20)17(21)18-11-15-7-4-3-5-8-15/h3-5,7-8,13-14,16,20H,6,9-12H2,1-2H3,(H,18,21). The molecule has 116 valence electrons. The van der Waals surface area contributed by atoms with Crippen molar-refractivity contribution in [1.82, 2.24) is 10.2 Å². The van der Waals surface area contributed by atoms with Gasteiger partial charge in [0.25, 0.3) is 0 Å². The van der Waals surface area contributed by atoms with Crippen molar-refractivity contribution in [1.29, 1.82) is 0 Å². The average molecular weight is 290 g/mol. The van der Waals surface area contributed by atoms with E-state index in [4.69, 9.17) is 0 Å². The van der Waals surface area contributed by atoms with Crippen LogP contribution in [0, 0.1) is 5.92 Å². The second kappa shape index (κ2) is 7.57. The fourth-order valence-corrected chi connectivity index (χ4v) is 2.88. The highest BCUT2D eigenvalue weighted by Gasteiger charge is 2.29. The van der Waals surface area contributed by atoms with E-state index in [0.717, 1.165) is 31.5 Å². The van der Waals surface area contributed by atoms with Crippen molar-refractivity contribution < 1.29 is 9.90 Å². The molecular formula is C17H26N2O2. The zero-order valence-electron chi connectivity index (χ0n) is 13.0. The predicted octanol–water partition coefficient (Wildman–Crippen LogP) is 1.78. The molecule has 0 aliphatic carbocycles.